The number of carbonyl (C=O) groups excluding carboxylic acids is 1. The van der Waals surface area contributed by atoms with Gasteiger partial charge in [0.25, 0.3) is 0 Å². The fraction of sp³-hybridized carbons (Fsp3) is 0.923. The van der Waals surface area contributed by atoms with E-state index in [2.05, 4.69) is 5.32 Å². The lowest BCUT2D eigenvalue weighted by atomic mass is 9.81. The molecule has 17 heavy (non-hydrogen) atoms. The third-order valence-electron chi connectivity index (χ3n) is 2.52. The number of hydrogen-bond donors (Lipinski definition) is 2. The number of carbonyl (C=O) groups is 1. The number of aliphatic hydroxyl groups is 1. The first-order valence-electron chi connectivity index (χ1n) is 6.10. The Morgan fingerprint density at radius 3 is 2.06 bits per heavy atom. The molecule has 102 valence electrons. The summed E-state index contributed by atoms with van der Waals surface area (Å²) in [5.74, 6) is 0.158. The van der Waals surface area contributed by atoms with Crippen molar-refractivity contribution < 1.29 is 14.6 Å². The standard InChI is InChI=1S/C13H27NO3/c1-9(2)10(15)13(6,7)8-14-11(16)17-12(3,4)5/h9-10,15H,8H2,1-7H3,(H,14,16). The highest BCUT2D eigenvalue weighted by Gasteiger charge is 2.31. The van der Waals surface area contributed by atoms with E-state index in [1.54, 1.807) is 0 Å². The average Bonchev–Trinajstić information content (AvgIpc) is 2.11. The largest absolute Gasteiger partial charge is 0.444 e. The van der Waals surface area contributed by atoms with Gasteiger partial charge in [0, 0.05) is 12.0 Å². The molecule has 0 rings (SSSR count). The molecule has 0 saturated carbocycles. The van der Waals surface area contributed by atoms with E-state index in [-0.39, 0.29) is 11.3 Å². The van der Waals surface area contributed by atoms with Crippen LogP contribution in [0.1, 0.15) is 48.5 Å². The minimum Gasteiger partial charge on any atom is -0.444 e. The zero-order chi connectivity index (χ0) is 13.9. The minimum absolute atomic E-state index is 0.158. The van der Waals surface area contributed by atoms with Crippen molar-refractivity contribution >= 4 is 6.09 Å². The molecule has 0 aromatic rings. The van der Waals surface area contributed by atoms with Gasteiger partial charge in [0.2, 0.25) is 0 Å². The van der Waals surface area contributed by atoms with E-state index in [4.69, 9.17) is 4.74 Å². The number of alkyl carbamates (subject to hydrolysis) is 1. The second-order valence-corrected chi connectivity index (χ2v) is 6.53. The maximum atomic E-state index is 11.5. The minimum atomic E-state index is -0.495. The maximum Gasteiger partial charge on any atom is 0.407 e. The first-order valence-corrected chi connectivity index (χ1v) is 6.10. The molecule has 0 aliphatic carbocycles. The van der Waals surface area contributed by atoms with E-state index in [1.165, 1.54) is 0 Å². The Kier molecular flexibility index (Phi) is 5.46. The topological polar surface area (TPSA) is 58.6 Å². The highest BCUT2D eigenvalue weighted by molar-refractivity contribution is 5.67. The number of ether oxygens (including phenoxy) is 1. The quantitative estimate of drug-likeness (QED) is 0.800. The second-order valence-electron chi connectivity index (χ2n) is 6.53. The van der Waals surface area contributed by atoms with Crippen LogP contribution < -0.4 is 5.32 Å². The van der Waals surface area contributed by atoms with Gasteiger partial charge < -0.3 is 15.2 Å². The Morgan fingerprint density at radius 1 is 1.24 bits per heavy atom. The molecule has 0 spiro atoms. The van der Waals surface area contributed by atoms with E-state index in [9.17, 15) is 9.90 Å². The van der Waals surface area contributed by atoms with Gasteiger partial charge >= 0.3 is 6.09 Å². The lowest BCUT2D eigenvalue weighted by Crippen LogP contribution is -2.44. The summed E-state index contributed by atoms with van der Waals surface area (Å²) in [7, 11) is 0. The molecule has 0 aromatic heterocycles. The summed E-state index contributed by atoms with van der Waals surface area (Å²) in [6.45, 7) is 13.6. The van der Waals surface area contributed by atoms with E-state index < -0.39 is 17.8 Å². The van der Waals surface area contributed by atoms with Crippen LogP contribution in [-0.4, -0.2) is 29.4 Å². The van der Waals surface area contributed by atoms with Crippen LogP contribution in [0, 0.1) is 11.3 Å². The van der Waals surface area contributed by atoms with Crippen LogP contribution in [0.5, 0.6) is 0 Å². The predicted molar refractivity (Wildman–Crippen MR) is 68.9 cm³/mol. The summed E-state index contributed by atoms with van der Waals surface area (Å²) in [6.07, 6.45) is -0.904. The Bertz CT molecular complexity index is 254. The smallest absolute Gasteiger partial charge is 0.407 e. The van der Waals surface area contributed by atoms with Crippen molar-refractivity contribution in [2.24, 2.45) is 11.3 Å². The molecule has 0 radical (unpaired) electrons. The molecule has 2 N–H and O–H groups in total. The van der Waals surface area contributed by atoms with Crippen LogP contribution in [0.4, 0.5) is 4.79 Å². The Morgan fingerprint density at radius 2 is 1.71 bits per heavy atom. The fourth-order valence-electron chi connectivity index (χ4n) is 1.62. The third kappa shape index (κ3) is 6.51. The molecule has 1 amide bonds. The van der Waals surface area contributed by atoms with Crippen LogP contribution in [-0.2, 0) is 4.74 Å². The van der Waals surface area contributed by atoms with E-state index >= 15 is 0 Å². The summed E-state index contributed by atoms with van der Waals surface area (Å²) in [4.78, 5) is 11.5. The van der Waals surface area contributed by atoms with Crippen LogP contribution in [0.3, 0.4) is 0 Å². The second kappa shape index (κ2) is 5.71. The first-order chi connectivity index (χ1) is 7.46. The normalized spacial score (nSPS) is 14.6. The monoisotopic (exact) mass is 245 g/mol. The van der Waals surface area contributed by atoms with Crippen LogP contribution in [0.25, 0.3) is 0 Å². The van der Waals surface area contributed by atoms with Gasteiger partial charge in [-0.15, -0.1) is 0 Å². The first kappa shape index (κ1) is 16.2. The number of amides is 1. The summed E-state index contributed by atoms with van der Waals surface area (Å²) in [5, 5.41) is 12.7. The van der Waals surface area contributed by atoms with Gasteiger partial charge in [0.15, 0.2) is 0 Å². The van der Waals surface area contributed by atoms with Crippen molar-refractivity contribution in [2.75, 3.05) is 6.54 Å². The lowest BCUT2D eigenvalue weighted by Gasteiger charge is -2.33. The molecule has 0 heterocycles. The maximum absolute atomic E-state index is 11.5. The summed E-state index contributed by atoms with van der Waals surface area (Å²) < 4.78 is 5.14. The molecular weight excluding hydrogens is 218 g/mol. The molecule has 0 aromatic carbocycles. The third-order valence-corrected chi connectivity index (χ3v) is 2.52. The Hall–Kier alpha value is -0.770. The van der Waals surface area contributed by atoms with Gasteiger partial charge in [-0.1, -0.05) is 27.7 Å². The molecule has 1 atom stereocenters. The van der Waals surface area contributed by atoms with Gasteiger partial charge in [0.1, 0.15) is 5.60 Å². The number of aliphatic hydroxyl groups excluding tert-OH is 1. The van der Waals surface area contributed by atoms with Crippen LogP contribution in [0.15, 0.2) is 0 Å². The SMILES string of the molecule is CC(C)C(O)C(C)(C)CNC(=O)OC(C)(C)C. The van der Waals surface area contributed by atoms with Crippen LogP contribution in [0.2, 0.25) is 0 Å². The van der Waals surface area contributed by atoms with Crippen molar-refractivity contribution in [3.05, 3.63) is 0 Å². The van der Waals surface area contributed by atoms with Gasteiger partial charge in [-0.3, -0.25) is 0 Å². The van der Waals surface area contributed by atoms with Gasteiger partial charge in [-0.2, -0.15) is 0 Å². The average molecular weight is 245 g/mol. The fourth-order valence-corrected chi connectivity index (χ4v) is 1.62. The highest BCUT2D eigenvalue weighted by Crippen LogP contribution is 2.25. The molecular formula is C13H27NO3. The van der Waals surface area contributed by atoms with Gasteiger partial charge in [0.05, 0.1) is 6.10 Å². The van der Waals surface area contributed by atoms with Crippen molar-refractivity contribution in [1.29, 1.82) is 0 Å². The molecule has 4 heteroatoms. The molecule has 1 unspecified atom stereocenters. The number of nitrogens with one attached hydrogen (secondary N) is 1. The summed E-state index contributed by atoms with van der Waals surface area (Å²) in [6, 6.07) is 0. The zero-order valence-electron chi connectivity index (χ0n) is 12.1. The molecule has 0 aliphatic rings. The Balaban J connectivity index is 4.23. The van der Waals surface area contributed by atoms with Gasteiger partial charge in [-0.25, -0.2) is 4.79 Å². The van der Waals surface area contributed by atoms with E-state index in [0.717, 1.165) is 0 Å². The number of rotatable bonds is 4. The van der Waals surface area contributed by atoms with Gasteiger partial charge in [-0.05, 0) is 26.7 Å². The molecule has 0 bridgehead atoms. The van der Waals surface area contributed by atoms with E-state index in [0.29, 0.717) is 6.54 Å². The van der Waals surface area contributed by atoms with E-state index in [1.807, 2.05) is 48.5 Å². The summed E-state index contributed by atoms with van der Waals surface area (Å²) in [5.41, 5.74) is -0.865. The van der Waals surface area contributed by atoms with Crippen molar-refractivity contribution in [1.82, 2.24) is 5.32 Å². The molecule has 0 aliphatic heterocycles. The zero-order valence-corrected chi connectivity index (χ0v) is 12.1. The highest BCUT2D eigenvalue weighted by atomic mass is 16.6. The van der Waals surface area contributed by atoms with Crippen molar-refractivity contribution in [3.8, 4) is 0 Å². The molecule has 0 fully saturated rings. The Labute approximate surface area is 105 Å². The van der Waals surface area contributed by atoms with Crippen molar-refractivity contribution in [2.45, 2.75) is 60.2 Å². The summed E-state index contributed by atoms with van der Waals surface area (Å²) >= 11 is 0. The molecule has 0 saturated heterocycles. The van der Waals surface area contributed by atoms with Crippen molar-refractivity contribution in [3.63, 3.8) is 0 Å². The number of hydrogen-bond acceptors (Lipinski definition) is 3. The lowest BCUT2D eigenvalue weighted by molar-refractivity contribution is 0.00856. The molecule has 4 nitrogen and oxygen atoms in total. The van der Waals surface area contributed by atoms with Crippen LogP contribution >= 0.6 is 0 Å². The predicted octanol–water partition coefficient (Wildman–Crippen LogP) is 2.55.